The lowest BCUT2D eigenvalue weighted by atomic mass is 9.78. The molecule has 0 N–H and O–H groups in total. The molecule has 2 saturated carbocycles. The Kier molecular flexibility index (Phi) is 7.73. The molecular formula is C51H45NO3. The average molecular weight is 720 g/mol. The number of fused-ring (bicyclic) bond motifs is 4. The Labute approximate surface area is 321 Å². The Balaban J connectivity index is 1.06. The highest BCUT2D eigenvalue weighted by Gasteiger charge is 2.38. The third-order valence-corrected chi connectivity index (χ3v) is 14.0. The average Bonchev–Trinajstić information content (AvgIpc) is 3.24. The molecule has 4 heteroatoms. The summed E-state index contributed by atoms with van der Waals surface area (Å²) in [4.78, 5) is 45.5. The third-order valence-electron chi connectivity index (χ3n) is 14.0. The van der Waals surface area contributed by atoms with Crippen LogP contribution in [0.3, 0.4) is 0 Å². The molecule has 4 nitrogen and oxygen atoms in total. The number of para-hydroxylation sites is 1. The van der Waals surface area contributed by atoms with Crippen molar-refractivity contribution in [1.29, 1.82) is 0 Å². The van der Waals surface area contributed by atoms with E-state index in [2.05, 4.69) is 48.5 Å². The van der Waals surface area contributed by atoms with E-state index in [4.69, 9.17) is 0 Å². The normalized spacial score (nSPS) is 17.7. The molecule has 7 aromatic carbocycles. The second kappa shape index (κ2) is 12.9. The molecule has 272 valence electrons. The number of rotatable bonds is 7. The number of carbonyl (C=O) groups is 3. The Morgan fingerprint density at radius 1 is 0.418 bits per heavy atom. The minimum absolute atomic E-state index is 0.0521. The third kappa shape index (κ3) is 4.99. The number of hydrogen-bond donors (Lipinski definition) is 0. The summed E-state index contributed by atoms with van der Waals surface area (Å²) in [6, 6.07) is 30.9. The van der Waals surface area contributed by atoms with Gasteiger partial charge < -0.3 is 0 Å². The number of hydrogen-bond acceptors (Lipinski definition) is 3. The van der Waals surface area contributed by atoms with Gasteiger partial charge in [0.25, 0.3) is 11.8 Å². The number of carbonyl (C=O) groups excluding carboxylic acids is 3. The Hall–Kier alpha value is -5.35. The maximum atomic E-state index is 15.1. The van der Waals surface area contributed by atoms with E-state index >= 15 is 9.59 Å². The number of nitrogens with zero attached hydrogens (tertiary/aromatic N) is 1. The maximum Gasteiger partial charge on any atom is 0.266 e. The van der Waals surface area contributed by atoms with Gasteiger partial charge in [0, 0.05) is 33.0 Å². The number of aryl methyl sites for hydroxylation is 2. The van der Waals surface area contributed by atoms with Crippen LogP contribution in [0.25, 0.3) is 54.2 Å². The summed E-state index contributed by atoms with van der Waals surface area (Å²) in [6.07, 6.45) is 17.0. The van der Waals surface area contributed by atoms with Crippen molar-refractivity contribution in [1.82, 2.24) is 0 Å². The van der Waals surface area contributed by atoms with Gasteiger partial charge >= 0.3 is 0 Å². The predicted octanol–water partition coefficient (Wildman–Crippen LogP) is 12.8. The molecule has 2 amide bonds. The van der Waals surface area contributed by atoms with E-state index in [-0.39, 0.29) is 17.6 Å². The van der Waals surface area contributed by atoms with E-state index in [1.807, 2.05) is 42.5 Å². The summed E-state index contributed by atoms with van der Waals surface area (Å²) in [5.74, 6) is 1.03. The van der Waals surface area contributed by atoms with Gasteiger partial charge in [0.15, 0.2) is 5.78 Å². The number of benzene rings is 7. The molecule has 55 heavy (non-hydrogen) atoms. The number of anilines is 1. The summed E-state index contributed by atoms with van der Waals surface area (Å²) < 4.78 is 0. The molecule has 7 aromatic rings. The van der Waals surface area contributed by atoms with E-state index in [9.17, 15) is 4.79 Å². The molecule has 0 unspecified atom stereocenters. The predicted molar refractivity (Wildman–Crippen MR) is 224 cm³/mol. The number of imide groups is 1. The first-order chi connectivity index (χ1) is 27.1. The lowest BCUT2D eigenvalue weighted by Crippen LogP contribution is -2.41. The Morgan fingerprint density at radius 3 is 1.40 bits per heavy atom. The van der Waals surface area contributed by atoms with Gasteiger partial charge in [0.1, 0.15) is 0 Å². The first-order valence-electron chi connectivity index (χ1n) is 20.9. The molecule has 0 aromatic heterocycles. The molecular weight excluding hydrogens is 675 g/mol. The molecule has 3 aliphatic carbocycles. The molecule has 0 atom stereocenters. The van der Waals surface area contributed by atoms with Crippen LogP contribution in [-0.4, -0.2) is 17.6 Å². The molecule has 11 rings (SSSR count). The van der Waals surface area contributed by atoms with Crippen molar-refractivity contribution >= 4 is 66.4 Å². The van der Waals surface area contributed by atoms with Crippen LogP contribution in [-0.2, 0) is 12.8 Å². The van der Waals surface area contributed by atoms with E-state index in [0.717, 1.165) is 108 Å². The SMILES string of the molecule is O=C1c2ccccc2-c2ccc3c4ccc5c6c(ccc(c7ccc1c2c73)c64)C(=O)N(c1c(CCC2CCCCC2)cccc1CCC1CCCCC1)C5=O. The van der Waals surface area contributed by atoms with Crippen LogP contribution in [0.4, 0.5) is 5.69 Å². The fourth-order valence-corrected chi connectivity index (χ4v) is 11.3. The lowest BCUT2D eigenvalue weighted by molar-refractivity contribution is 0.0892. The van der Waals surface area contributed by atoms with Gasteiger partial charge in [-0.05, 0) is 110 Å². The van der Waals surface area contributed by atoms with Gasteiger partial charge in [-0.25, -0.2) is 4.90 Å². The summed E-state index contributed by atoms with van der Waals surface area (Å²) in [5, 5.41) is 7.86. The van der Waals surface area contributed by atoms with Crippen molar-refractivity contribution in [3.05, 3.63) is 124 Å². The smallest absolute Gasteiger partial charge is 0.266 e. The van der Waals surface area contributed by atoms with Gasteiger partial charge in [-0.3, -0.25) is 14.4 Å². The van der Waals surface area contributed by atoms with Gasteiger partial charge in [0.05, 0.1) is 5.69 Å². The van der Waals surface area contributed by atoms with Gasteiger partial charge in [-0.15, -0.1) is 0 Å². The quantitative estimate of drug-likeness (QED) is 0.0936. The van der Waals surface area contributed by atoms with Gasteiger partial charge in [-0.1, -0.05) is 137 Å². The Bertz CT molecular complexity index is 2630. The van der Waals surface area contributed by atoms with Crippen LogP contribution in [0.1, 0.15) is 125 Å². The minimum atomic E-state index is -0.219. The molecule has 2 fully saturated rings. The van der Waals surface area contributed by atoms with Crippen molar-refractivity contribution in [2.24, 2.45) is 11.8 Å². The van der Waals surface area contributed by atoms with Crippen molar-refractivity contribution in [2.75, 3.05) is 4.90 Å². The fourth-order valence-electron chi connectivity index (χ4n) is 11.3. The van der Waals surface area contributed by atoms with Crippen LogP contribution >= 0.6 is 0 Å². The minimum Gasteiger partial charge on any atom is -0.289 e. The van der Waals surface area contributed by atoms with Crippen molar-refractivity contribution in [3.63, 3.8) is 0 Å². The number of ketones is 1. The van der Waals surface area contributed by atoms with Crippen LogP contribution in [0.2, 0.25) is 0 Å². The van der Waals surface area contributed by atoms with E-state index in [1.54, 1.807) is 4.90 Å². The zero-order chi connectivity index (χ0) is 36.8. The first-order valence-corrected chi connectivity index (χ1v) is 20.9. The zero-order valence-corrected chi connectivity index (χ0v) is 31.4. The first kappa shape index (κ1) is 33.0. The standard InChI is InChI=1S/C51H45NO3/c53-49-40-17-8-7-16-34(40)35-22-23-36-38-25-28-42-47-43(29-26-39(45(38)47)37-24-27-41(49)46(35)44(36)37)51(55)52(50(42)54)48-32(20-18-30-10-3-1-4-11-30)14-9-15-33(48)21-19-31-12-5-2-6-13-31/h7-9,14-17,22-31H,1-6,10-13,18-21H2. The largest absolute Gasteiger partial charge is 0.289 e. The number of amides is 2. The van der Waals surface area contributed by atoms with Crippen molar-refractivity contribution in [3.8, 4) is 11.1 Å². The molecule has 0 radical (unpaired) electrons. The summed E-state index contributed by atoms with van der Waals surface area (Å²) in [5.41, 5.74) is 7.79. The topological polar surface area (TPSA) is 54.5 Å². The second-order valence-electron chi connectivity index (χ2n) is 17.0. The van der Waals surface area contributed by atoms with Crippen LogP contribution in [0.15, 0.2) is 91.0 Å². The zero-order valence-electron chi connectivity index (χ0n) is 31.4. The van der Waals surface area contributed by atoms with Crippen LogP contribution < -0.4 is 4.90 Å². The van der Waals surface area contributed by atoms with Crippen molar-refractivity contribution < 1.29 is 14.4 Å². The summed E-state index contributed by atoms with van der Waals surface area (Å²) in [6.45, 7) is 0. The molecule has 0 spiro atoms. The van der Waals surface area contributed by atoms with E-state index < -0.39 is 0 Å². The Morgan fingerprint density at radius 2 is 0.873 bits per heavy atom. The monoisotopic (exact) mass is 719 g/mol. The van der Waals surface area contributed by atoms with E-state index in [0.29, 0.717) is 23.0 Å². The highest BCUT2D eigenvalue weighted by atomic mass is 16.2. The van der Waals surface area contributed by atoms with Crippen molar-refractivity contribution in [2.45, 2.75) is 89.9 Å². The van der Waals surface area contributed by atoms with Crippen LogP contribution in [0.5, 0.6) is 0 Å². The molecule has 0 saturated heterocycles. The van der Waals surface area contributed by atoms with Crippen LogP contribution in [0, 0.1) is 11.8 Å². The highest BCUT2D eigenvalue weighted by molar-refractivity contribution is 6.44. The van der Waals surface area contributed by atoms with E-state index in [1.165, 1.54) is 64.2 Å². The molecule has 0 bridgehead atoms. The van der Waals surface area contributed by atoms with Gasteiger partial charge in [0.2, 0.25) is 0 Å². The fraction of sp³-hybridized carbons (Fsp3) is 0.314. The lowest BCUT2D eigenvalue weighted by Gasteiger charge is -2.32. The molecule has 1 aliphatic heterocycles. The maximum absolute atomic E-state index is 15.1. The summed E-state index contributed by atoms with van der Waals surface area (Å²) >= 11 is 0. The van der Waals surface area contributed by atoms with Gasteiger partial charge in [-0.2, -0.15) is 0 Å². The summed E-state index contributed by atoms with van der Waals surface area (Å²) in [7, 11) is 0. The second-order valence-corrected chi connectivity index (χ2v) is 17.0. The highest BCUT2D eigenvalue weighted by Crippen LogP contribution is 2.49. The molecule has 1 heterocycles. The molecule has 4 aliphatic rings.